The van der Waals surface area contributed by atoms with Crippen LogP contribution in [-0.2, 0) is 4.79 Å². The van der Waals surface area contributed by atoms with Gasteiger partial charge in [0.1, 0.15) is 5.75 Å². The van der Waals surface area contributed by atoms with E-state index in [0.717, 1.165) is 42.8 Å². The van der Waals surface area contributed by atoms with Crippen LogP contribution in [0.3, 0.4) is 0 Å². The molecule has 1 aliphatic heterocycles. The van der Waals surface area contributed by atoms with Crippen molar-refractivity contribution in [3.63, 3.8) is 0 Å². The highest BCUT2D eigenvalue weighted by molar-refractivity contribution is 5.78. The van der Waals surface area contributed by atoms with Crippen LogP contribution in [0.5, 0.6) is 5.75 Å². The monoisotopic (exact) mass is 316 g/mol. The van der Waals surface area contributed by atoms with Crippen LogP contribution in [0.1, 0.15) is 43.7 Å². The number of nitrogens with two attached hydrogens (primary N) is 1. The lowest BCUT2D eigenvalue weighted by Crippen LogP contribution is -2.36. The first-order valence-electron chi connectivity index (χ1n) is 8.72. The van der Waals surface area contributed by atoms with Gasteiger partial charge in [0.05, 0.1) is 0 Å². The van der Waals surface area contributed by atoms with E-state index in [2.05, 4.69) is 26.0 Å². The summed E-state index contributed by atoms with van der Waals surface area (Å²) < 4.78 is 5.88. The van der Waals surface area contributed by atoms with Crippen molar-refractivity contribution >= 4 is 5.91 Å². The predicted octanol–water partition coefficient (Wildman–Crippen LogP) is 2.69. The number of amides is 1. The molecule has 1 saturated carbocycles. The van der Waals surface area contributed by atoms with Gasteiger partial charge in [-0.1, -0.05) is 26.0 Å². The summed E-state index contributed by atoms with van der Waals surface area (Å²) >= 11 is 0. The first kappa shape index (κ1) is 16.3. The largest absolute Gasteiger partial charge is 0.483 e. The van der Waals surface area contributed by atoms with E-state index in [4.69, 9.17) is 10.5 Å². The molecule has 3 rings (SSSR count). The van der Waals surface area contributed by atoms with Crippen molar-refractivity contribution in [2.24, 2.45) is 17.6 Å². The topological polar surface area (TPSA) is 55.6 Å². The number of nitrogens with zero attached hydrogens (tertiary/aromatic N) is 1. The summed E-state index contributed by atoms with van der Waals surface area (Å²) in [5, 5.41) is 0. The van der Waals surface area contributed by atoms with Crippen molar-refractivity contribution in [3.8, 4) is 5.75 Å². The van der Waals surface area contributed by atoms with Crippen molar-refractivity contribution in [1.29, 1.82) is 0 Å². The van der Waals surface area contributed by atoms with E-state index >= 15 is 0 Å². The molecule has 1 aliphatic carbocycles. The van der Waals surface area contributed by atoms with Gasteiger partial charge in [0.25, 0.3) is 5.91 Å². The number of rotatable bonds is 4. The summed E-state index contributed by atoms with van der Waals surface area (Å²) in [6.45, 7) is 8.11. The molecule has 2 N–H and O–H groups in total. The van der Waals surface area contributed by atoms with Crippen LogP contribution in [0.4, 0.5) is 0 Å². The molecule has 2 aliphatic rings. The van der Waals surface area contributed by atoms with E-state index in [1.54, 1.807) is 0 Å². The highest BCUT2D eigenvalue weighted by Gasteiger charge is 2.42. The molecule has 4 nitrogen and oxygen atoms in total. The molecule has 2 fully saturated rings. The Labute approximate surface area is 139 Å². The normalized spacial score (nSPS) is 26.7. The molecule has 1 heterocycles. The van der Waals surface area contributed by atoms with Gasteiger partial charge in [-0.3, -0.25) is 4.79 Å². The molecular weight excluding hydrogens is 288 g/mol. The van der Waals surface area contributed by atoms with Crippen molar-refractivity contribution in [2.45, 2.75) is 45.6 Å². The number of carbonyl (C=O) groups is 1. The summed E-state index contributed by atoms with van der Waals surface area (Å²) in [5.74, 6) is 2.39. The van der Waals surface area contributed by atoms with Crippen LogP contribution in [-0.4, -0.2) is 36.5 Å². The van der Waals surface area contributed by atoms with Gasteiger partial charge >= 0.3 is 0 Å². The van der Waals surface area contributed by atoms with E-state index in [0.29, 0.717) is 17.8 Å². The van der Waals surface area contributed by atoms with E-state index in [1.807, 2.05) is 17.9 Å². The Balaban J connectivity index is 1.61. The van der Waals surface area contributed by atoms with Crippen molar-refractivity contribution < 1.29 is 9.53 Å². The molecule has 0 radical (unpaired) electrons. The SMILES string of the molecule is Cc1ccc(C(C)C)c(OCC(=O)N2CC3CCC(N)C3C2)c1. The number of fused-ring (bicyclic) bond motifs is 1. The molecule has 0 spiro atoms. The second kappa shape index (κ2) is 6.52. The molecule has 1 saturated heterocycles. The molecule has 1 amide bonds. The van der Waals surface area contributed by atoms with Gasteiger partial charge in [0, 0.05) is 19.1 Å². The number of ether oxygens (including phenoxy) is 1. The zero-order chi connectivity index (χ0) is 16.6. The molecular formula is C19H28N2O2. The Morgan fingerprint density at radius 2 is 2.13 bits per heavy atom. The van der Waals surface area contributed by atoms with E-state index in [9.17, 15) is 4.79 Å². The number of aryl methyl sites for hydroxylation is 1. The number of carbonyl (C=O) groups excluding carboxylic acids is 1. The van der Waals surface area contributed by atoms with Gasteiger partial charge < -0.3 is 15.4 Å². The quantitative estimate of drug-likeness (QED) is 0.929. The number of benzene rings is 1. The molecule has 4 heteroatoms. The van der Waals surface area contributed by atoms with Crippen molar-refractivity contribution in [3.05, 3.63) is 29.3 Å². The summed E-state index contributed by atoms with van der Waals surface area (Å²) in [6.07, 6.45) is 2.26. The minimum absolute atomic E-state index is 0.0859. The fourth-order valence-electron chi connectivity index (χ4n) is 3.99. The lowest BCUT2D eigenvalue weighted by atomic mass is 9.98. The maximum atomic E-state index is 12.5. The standard InChI is InChI=1S/C19H28N2O2/c1-12(2)15-6-4-13(3)8-18(15)23-11-19(22)21-9-14-5-7-17(20)16(14)10-21/h4,6,8,12,14,16-17H,5,7,9-11,20H2,1-3H3. The third-order valence-corrected chi connectivity index (χ3v) is 5.41. The fraction of sp³-hybridized carbons (Fsp3) is 0.632. The first-order chi connectivity index (χ1) is 11.0. The molecule has 3 unspecified atom stereocenters. The molecule has 1 aromatic rings. The fourth-order valence-corrected chi connectivity index (χ4v) is 3.99. The average Bonchev–Trinajstić information content (AvgIpc) is 3.07. The second-order valence-electron chi connectivity index (χ2n) is 7.45. The zero-order valence-electron chi connectivity index (χ0n) is 14.4. The van der Waals surface area contributed by atoms with Crippen molar-refractivity contribution in [1.82, 2.24) is 4.90 Å². The van der Waals surface area contributed by atoms with Crippen molar-refractivity contribution in [2.75, 3.05) is 19.7 Å². The van der Waals surface area contributed by atoms with Gasteiger partial charge in [-0.2, -0.15) is 0 Å². The van der Waals surface area contributed by atoms with E-state index in [-0.39, 0.29) is 18.6 Å². The van der Waals surface area contributed by atoms with Gasteiger partial charge in [-0.25, -0.2) is 0 Å². The zero-order valence-corrected chi connectivity index (χ0v) is 14.4. The summed E-state index contributed by atoms with van der Waals surface area (Å²) in [7, 11) is 0. The van der Waals surface area contributed by atoms with Gasteiger partial charge in [0.15, 0.2) is 6.61 Å². The van der Waals surface area contributed by atoms with Gasteiger partial charge in [0.2, 0.25) is 0 Å². The molecule has 0 bridgehead atoms. The molecule has 0 aromatic heterocycles. The number of hydrogen-bond acceptors (Lipinski definition) is 3. The Morgan fingerprint density at radius 3 is 2.83 bits per heavy atom. The van der Waals surface area contributed by atoms with E-state index in [1.165, 1.54) is 0 Å². The number of hydrogen-bond donors (Lipinski definition) is 1. The average molecular weight is 316 g/mol. The molecule has 3 atom stereocenters. The number of likely N-dealkylation sites (tertiary alicyclic amines) is 1. The Morgan fingerprint density at radius 1 is 1.35 bits per heavy atom. The maximum Gasteiger partial charge on any atom is 0.260 e. The van der Waals surface area contributed by atoms with Crippen LogP contribution in [0, 0.1) is 18.8 Å². The smallest absolute Gasteiger partial charge is 0.260 e. The molecule has 23 heavy (non-hydrogen) atoms. The van der Waals surface area contributed by atoms with Crippen LogP contribution in [0.15, 0.2) is 18.2 Å². The second-order valence-corrected chi connectivity index (χ2v) is 7.45. The maximum absolute atomic E-state index is 12.5. The Hall–Kier alpha value is -1.55. The molecule has 1 aromatic carbocycles. The van der Waals surface area contributed by atoms with E-state index < -0.39 is 0 Å². The predicted molar refractivity (Wildman–Crippen MR) is 91.5 cm³/mol. The third kappa shape index (κ3) is 3.37. The van der Waals surface area contributed by atoms with Crippen LogP contribution in [0.2, 0.25) is 0 Å². The summed E-state index contributed by atoms with van der Waals surface area (Å²) in [6, 6.07) is 6.48. The lowest BCUT2D eigenvalue weighted by Gasteiger charge is -2.20. The van der Waals surface area contributed by atoms with Crippen LogP contribution in [0.25, 0.3) is 0 Å². The van der Waals surface area contributed by atoms with Crippen LogP contribution < -0.4 is 10.5 Å². The van der Waals surface area contributed by atoms with Gasteiger partial charge in [-0.15, -0.1) is 0 Å². The Kier molecular flexibility index (Phi) is 4.62. The van der Waals surface area contributed by atoms with Crippen LogP contribution >= 0.6 is 0 Å². The molecule has 126 valence electrons. The highest BCUT2D eigenvalue weighted by atomic mass is 16.5. The minimum atomic E-state index is 0.0859. The summed E-state index contributed by atoms with van der Waals surface area (Å²) in [4.78, 5) is 14.4. The summed E-state index contributed by atoms with van der Waals surface area (Å²) in [5.41, 5.74) is 8.46. The first-order valence-corrected chi connectivity index (χ1v) is 8.72. The lowest BCUT2D eigenvalue weighted by molar-refractivity contribution is -0.132. The minimum Gasteiger partial charge on any atom is -0.483 e. The Bertz CT molecular complexity index is 585. The third-order valence-electron chi connectivity index (χ3n) is 5.41. The van der Waals surface area contributed by atoms with Gasteiger partial charge in [-0.05, 0) is 54.7 Å². The highest BCUT2D eigenvalue weighted by Crippen LogP contribution is 2.37.